The molecule has 0 saturated carbocycles. The molecule has 0 bridgehead atoms. The molecule has 0 saturated heterocycles. The second kappa shape index (κ2) is 12.1. The maximum Gasteiger partial charge on any atom is 0.143 e. The van der Waals surface area contributed by atoms with Crippen LogP contribution in [-0.4, -0.2) is 4.57 Å². The minimum absolute atomic E-state index is 0.407. The van der Waals surface area contributed by atoms with Crippen LogP contribution in [0.15, 0.2) is 205 Å². The summed E-state index contributed by atoms with van der Waals surface area (Å²) in [6.07, 6.45) is 9.10. The summed E-state index contributed by atoms with van der Waals surface area (Å²) in [5.41, 5.74) is 20.6. The van der Waals surface area contributed by atoms with Crippen LogP contribution >= 0.6 is 0 Å². The Morgan fingerprint density at radius 3 is 1.89 bits per heavy atom. The van der Waals surface area contributed by atoms with Crippen molar-refractivity contribution in [2.45, 2.75) is 18.3 Å². The third-order valence-electron chi connectivity index (χ3n) is 14.8. The molecule has 15 rings (SSSR count). The fourth-order valence-electron chi connectivity index (χ4n) is 12.3. The van der Waals surface area contributed by atoms with E-state index in [1.54, 1.807) is 0 Å². The van der Waals surface area contributed by atoms with E-state index in [-0.39, 0.29) is 0 Å². The normalized spacial score (nSPS) is 14.7. The summed E-state index contributed by atoms with van der Waals surface area (Å²) in [5.74, 6) is 0. The van der Waals surface area contributed by atoms with Crippen LogP contribution in [0.5, 0.6) is 0 Å². The van der Waals surface area contributed by atoms with E-state index >= 15 is 0 Å². The maximum absolute atomic E-state index is 7.04. The molecule has 1 spiro atoms. The minimum atomic E-state index is -0.407. The Hall–Kier alpha value is -7.94. The van der Waals surface area contributed by atoms with Gasteiger partial charge in [0.05, 0.1) is 16.4 Å². The Balaban J connectivity index is 0.971. The van der Waals surface area contributed by atoms with Gasteiger partial charge in [0.25, 0.3) is 0 Å². The molecule has 3 aliphatic carbocycles. The summed E-state index contributed by atoms with van der Waals surface area (Å²) < 4.78 is 9.47. The van der Waals surface area contributed by atoms with Gasteiger partial charge in [0.2, 0.25) is 0 Å². The van der Waals surface area contributed by atoms with E-state index in [0.717, 1.165) is 35.1 Å². The molecule has 2 aromatic heterocycles. The fraction of sp³-hybridized carbons (Fsp3) is 0.0492. The smallest absolute Gasteiger partial charge is 0.143 e. The van der Waals surface area contributed by atoms with Crippen LogP contribution < -0.4 is 0 Å². The topological polar surface area (TPSA) is 18.1 Å². The van der Waals surface area contributed by atoms with E-state index in [2.05, 4.69) is 205 Å². The van der Waals surface area contributed by atoms with Gasteiger partial charge >= 0.3 is 0 Å². The van der Waals surface area contributed by atoms with Gasteiger partial charge in [0, 0.05) is 32.8 Å². The molecular weight excluding hydrogens is 763 g/mol. The summed E-state index contributed by atoms with van der Waals surface area (Å²) in [5, 5.41) is 9.88. The van der Waals surface area contributed by atoms with Crippen molar-refractivity contribution in [2.75, 3.05) is 0 Å². The first-order valence-corrected chi connectivity index (χ1v) is 22.2. The molecule has 0 radical (unpaired) electrons. The monoisotopic (exact) mass is 799 g/mol. The summed E-state index contributed by atoms with van der Waals surface area (Å²) in [6, 6.07) is 68.4. The quantitative estimate of drug-likeness (QED) is 0.163. The van der Waals surface area contributed by atoms with Crippen molar-refractivity contribution in [3.8, 4) is 39.1 Å². The van der Waals surface area contributed by atoms with Crippen LogP contribution in [0.25, 0.3) is 110 Å². The highest BCUT2D eigenvalue weighted by Gasteiger charge is 2.51. The van der Waals surface area contributed by atoms with Crippen LogP contribution in [0.4, 0.5) is 0 Å². The Bertz CT molecular complexity index is 3990. The summed E-state index contributed by atoms with van der Waals surface area (Å²) in [7, 11) is 0. The van der Waals surface area contributed by atoms with Crippen molar-refractivity contribution in [3.05, 3.63) is 228 Å². The number of hydrogen-bond acceptors (Lipinski definition) is 1. The van der Waals surface area contributed by atoms with Crippen LogP contribution in [0.1, 0.15) is 40.7 Å². The van der Waals surface area contributed by atoms with E-state index in [4.69, 9.17) is 4.42 Å². The first kappa shape index (κ1) is 33.7. The Morgan fingerprint density at radius 1 is 0.413 bits per heavy atom. The second-order valence-corrected chi connectivity index (χ2v) is 17.7. The first-order chi connectivity index (χ1) is 31.3. The van der Waals surface area contributed by atoms with Gasteiger partial charge in [0.15, 0.2) is 0 Å². The lowest BCUT2D eigenvalue weighted by Gasteiger charge is -2.30. The molecule has 0 amide bonds. The van der Waals surface area contributed by atoms with Crippen LogP contribution in [0.2, 0.25) is 0 Å². The Morgan fingerprint density at radius 2 is 1.10 bits per heavy atom. The largest absolute Gasteiger partial charge is 0.455 e. The van der Waals surface area contributed by atoms with E-state index in [1.807, 2.05) is 0 Å². The van der Waals surface area contributed by atoms with Crippen molar-refractivity contribution in [1.82, 2.24) is 4.57 Å². The van der Waals surface area contributed by atoms with Crippen LogP contribution in [-0.2, 0) is 5.41 Å². The third kappa shape index (κ3) is 4.23. The van der Waals surface area contributed by atoms with Gasteiger partial charge < -0.3 is 8.98 Å². The highest BCUT2D eigenvalue weighted by atomic mass is 16.3. The molecule has 2 heteroatoms. The lowest BCUT2D eigenvalue weighted by molar-refractivity contribution is 0.670. The van der Waals surface area contributed by atoms with Gasteiger partial charge in [-0.15, -0.1) is 0 Å². The molecule has 0 aliphatic heterocycles. The second-order valence-electron chi connectivity index (χ2n) is 17.7. The molecule has 2 heterocycles. The molecule has 2 nitrogen and oxygen atoms in total. The summed E-state index contributed by atoms with van der Waals surface area (Å²) in [4.78, 5) is 0. The zero-order valence-electron chi connectivity index (χ0n) is 34.3. The number of allylic oxidation sites excluding steroid dienone is 4. The number of furan rings is 1. The number of fused-ring (bicyclic) bond motifs is 16. The van der Waals surface area contributed by atoms with Crippen molar-refractivity contribution in [3.63, 3.8) is 0 Å². The average Bonchev–Trinajstić information content (AvgIpc) is 4.08. The number of para-hydroxylation sites is 1. The number of hydrogen-bond donors (Lipinski definition) is 0. The maximum atomic E-state index is 7.04. The third-order valence-corrected chi connectivity index (χ3v) is 14.8. The van der Waals surface area contributed by atoms with Gasteiger partial charge in [-0.3, -0.25) is 0 Å². The SMILES string of the molecule is C1=CC(c2cccc(-n3c4ccccc4c4cc(-c5ccc6c7cc8c(cc7c7cccc9oc5c6c97)-c5ccccc5C85c6ccccc6-c6ccccc65)ccc43)c2)=CCC1. The first-order valence-electron chi connectivity index (χ1n) is 22.2. The van der Waals surface area contributed by atoms with Gasteiger partial charge in [0.1, 0.15) is 11.2 Å². The summed E-state index contributed by atoms with van der Waals surface area (Å²) in [6.45, 7) is 0. The molecule has 10 aromatic carbocycles. The molecule has 0 N–H and O–H groups in total. The van der Waals surface area contributed by atoms with Crippen molar-refractivity contribution in [2.24, 2.45) is 0 Å². The summed E-state index contributed by atoms with van der Waals surface area (Å²) >= 11 is 0. The van der Waals surface area contributed by atoms with Gasteiger partial charge in [-0.05, 0) is 150 Å². The zero-order chi connectivity index (χ0) is 41.0. The van der Waals surface area contributed by atoms with Gasteiger partial charge in [-0.2, -0.15) is 0 Å². The minimum Gasteiger partial charge on any atom is -0.455 e. The predicted molar refractivity (Wildman–Crippen MR) is 262 cm³/mol. The highest BCUT2D eigenvalue weighted by molar-refractivity contribution is 6.35. The molecule has 292 valence electrons. The Labute approximate surface area is 363 Å². The fourth-order valence-corrected chi connectivity index (χ4v) is 12.3. The molecule has 3 aliphatic rings. The molecular formula is C61H37NO. The zero-order valence-corrected chi connectivity index (χ0v) is 34.3. The number of aromatic nitrogens is 1. The molecule has 0 atom stereocenters. The van der Waals surface area contributed by atoms with Gasteiger partial charge in [-0.25, -0.2) is 0 Å². The van der Waals surface area contributed by atoms with Crippen LogP contribution in [0.3, 0.4) is 0 Å². The van der Waals surface area contributed by atoms with E-state index in [1.165, 1.54) is 115 Å². The number of rotatable bonds is 3. The molecule has 63 heavy (non-hydrogen) atoms. The molecule has 12 aromatic rings. The highest BCUT2D eigenvalue weighted by Crippen LogP contribution is 2.63. The molecule has 0 fully saturated rings. The van der Waals surface area contributed by atoms with E-state index < -0.39 is 5.41 Å². The van der Waals surface area contributed by atoms with Crippen molar-refractivity contribution >= 4 is 70.9 Å². The average molecular weight is 800 g/mol. The number of benzene rings is 10. The van der Waals surface area contributed by atoms with E-state index in [9.17, 15) is 0 Å². The predicted octanol–water partition coefficient (Wildman–Crippen LogP) is 16.2. The lowest BCUT2D eigenvalue weighted by atomic mass is 9.70. The van der Waals surface area contributed by atoms with Crippen molar-refractivity contribution < 1.29 is 4.42 Å². The molecule has 0 unspecified atom stereocenters. The Kier molecular flexibility index (Phi) is 6.49. The number of nitrogens with zero attached hydrogens (tertiary/aromatic N) is 1. The van der Waals surface area contributed by atoms with E-state index in [0.29, 0.717) is 0 Å². The lowest BCUT2D eigenvalue weighted by Crippen LogP contribution is -2.25. The standard InChI is InChI=1S/C61H37NO/c1-2-14-36(15-3-1)37-16-12-17-39(32-37)62-55-26-11-7-21-44(55)50-33-38(28-31-56(50)62)40-29-30-46-48-35-54-49(34-47(48)45-22-13-27-57-58(45)59(46)60(40)63-57)43-20-6-10-25-53(43)61(54)51-23-8-4-18-41(51)42-19-5-9-24-52(42)61/h2,4-35H,1,3H2. The van der Waals surface area contributed by atoms with Gasteiger partial charge in [-0.1, -0.05) is 146 Å². The van der Waals surface area contributed by atoms with Crippen LogP contribution in [0, 0.1) is 0 Å². The van der Waals surface area contributed by atoms with Crippen molar-refractivity contribution in [1.29, 1.82) is 0 Å².